The molecule has 0 bridgehead atoms. The van der Waals surface area contributed by atoms with Crippen molar-refractivity contribution in [3.05, 3.63) is 18.8 Å². The molecule has 1 heterocycles. The molecule has 8 heteroatoms. The van der Waals surface area contributed by atoms with Crippen LogP contribution in [0.25, 0.3) is 0 Å². The normalized spacial score (nSPS) is 16.2. The highest BCUT2D eigenvalue weighted by atomic mass is 127. The highest BCUT2D eigenvalue weighted by molar-refractivity contribution is 14.1. The lowest BCUT2D eigenvalue weighted by Crippen LogP contribution is -2.26. The van der Waals surface area contributed by atoms with Gasteiger partial charge in [0.2, 0.25) is 0 Å². The van der Waals surface area contributed by atoms with Gasteiger partial charge in [-0.25, -0.2) is 4.79 Å². The molecule has 1 N–H and O–H groups in total. The Kier molecular flexibility index (Phi) is 2.88. The second-order valence-electron chi connectivity index (χ2n) is 2.85. The molecule has 0 fully saturated rings. The van der Waals surface area contributed by atoms with Crippen molar-refractivity contribution in [3.63, 3.8) is 0 Å². The summed E-state index contributed by atoms with van der Waals surface area (Å²) in [4.78, 5) is 10.9. The van der Waals surface area contributed by atoms with Crippen LogP contribution in [-0.2, 0) is 0 Å². The zero-order chi connectivity index (χ0) is 12.1. The van der Waals surface area contributed by atoms with Crippen molar-refractivity contribution in [2.45, 2.75) is 6.29 Å². The molecular formula is C8H2F2I2O4. The lowest BCUT2D eigenvalue weighted by atomic mass is 10.2. The second-order valence-corrected chi connectivity index (χ2v) is 5.17. The average molecular weight is 454 g/mol. The van der Waals surface area contributed by atoms with E-state index in [9.17, 15) is 13.6 Å². The molecule has 0 atom stereocenters. The lowest BCUT2D eigenvalue weighted by Gasteiger charge is -2.05. The Balaban J connectivity index is 2.68. The molecule has 1 aliphatic rings. The van der Waals surface area contributed by atoms with Crippen LogP contribution in [0.5, 0.6) is 11.5 Å². The fourth-order valence-corrected chi connectivity index (χ4v) is 3.28. The lowest BCUT2D eigenvalue weighted by molar-refractivity contribution is -0.287. The molecule has 1 aliphatic heterocycles. The predicted octanol–water partition coefficient (Wildman–Crippen LogP) is 2.92. The Morgan fingerprint density at radius 1 is 1.25 bits per heavy atom. The van der Waals surface area contributed by atoms with Gasteiger partial charge in [-0.15, -0.1) is 8.78 Å². The second kappa shape index (κ2) is 3.82. The summed E-state index contributed by atoms with van der Waals surface area (Å²) in [6, 6.07) is 1.44. The highest BCUT2D eigenvalue weighted by Gasteiger charge is 2.47. The van der Waals surface area contributed by atoms with Crippen LogP contribution in [0, 0.1) is 7.14 Å². The first-order chi connectivity index (χ1) is 7.32. The summed E-state index contributed by atoms with van der Waals surface area (Å²) in [5.41, 5.74) is -0.312. The number of halogens is 4. The van der Waals surface area contributed by atoms with E-state index >= 15 is 0 Å². The third kappa shape index (κ3) is 1.92. The fraction of sp³-hybridized carbons (Fsp3) is 0.125. The maximum absolute atomic E-state index is 12.8. The Morgan fingerprint density at radius 3 is 2.38 bits per heavy atom. The van der Waals surface area contributed by atoms with E-state index < -0.39 is 18.0 Å². The predicted molar refractivity (Wildman–Crippen MR) is 65.0 cm³/mol. The molecule has 1 aromatic rings. The molecule has 0 aliphatic carbocycles. The van der Waals surface area contributed by atoms with Gasteiger partial charge in [-0.1, -0.05) is 0 Å². The average Bonchev–Trinajstić information content (AvgIpc) is 2.40. The van der Waals surface area contributed by atoms with Gasteiger partial charge in [0.1, 0.15) is 5.56 Å². The number of carbonyl (C=O) groups is 1. The molecular weight excluding hydrogens is 452 g/mol. The van der Waals surface area contributed by atoms with Crippen LogP contribution in [0.2, 0.25) is 0 Å². The SMILES string of the molecule is O=C(O)c1c(I)cc(I)c2c1OC(F)(F)O2. The van der Waals surface area contributed by atoms with Crippen molar-refractivity contribution in [2.24, 2.45) is 0 Å². The minimum absolute atomic E-state index is 0.233. The molecule has 86 valence electrons. The van der Waals surface area contributed by atoms with E-state index in [1.807, 2.05) is 0 Å². The van der Waals surface area contributed by atoms with Crippen molar-refractivity contribution in [1.82, 2.24) is 0 Å². The van der Waals surface area contributed by atoms with Crippen molar-refractivity contribution >= 4 is 51.2 Å². The zero-order valence-electron chi connectivity index (χ0n) is 7.26. The van der Waals surface area contributed by atoms with Gasteiger partial charge in [-0.2, -0.15) is 0 Å². The molecule has 0 saturated heterocycles. The first-order valence-electron chi connectivity index (χ1n) is 3.83. The summed E-state index contributed by atoms with van der Waals surface area (Å²) in [6.07, 6.45) is -3.81. The maximum Gasteiger partial charge on any atom is 0.586 e. The number of alkyl halides is 2. The first-order valence-corrected chi connectivity index (χ1v) is 5.99. The van der Waals surface area contributed by atoms with Gasteiger partial charge in [0, 0.05) is 3.57 Å². The van der Waals surface area contributed by atoms with E-state index in [-0.39, 0.29) is 11.3 Å². The smallest absolute Gasteiger partial charge is 0.478 e. The van der Waals surface area contributed by atoms with E-state index in [1.54, 1.807) is 45.2 Å². The molecule has 16 heavy (non-hydrogen) atoms. The number of rotatable bonds is 1. The van der Waals surface area contributed by atoms with E-state index in [2.05, 4.69) is 9.47 Å². The minimum atomic E-state index is -3.81. The van der Waals surface area contributed by atoms with Crippen LogP contribution in [0.4, 0.5) is 8.78 Å². The fourth-order valence-electron chi connectivity index (χ4n) is 1.23. The van der Waals surface area contributed by atoms with Crippen molar-refractivity contribution in [1.29, 1.82) is 0 Å². The first kappa shape index (κ1) is 12.1. The third-order valence-corrected chi connectivity index (χ3v) is 3.45. The number of carboxylic acids is 1. The summed E-state index contributed by atoms with van der Waals surface area (Å²) in [5.74, 6) is -1.99. The quantitative estimate of drug-likeness (QED) is 0.664. The van der Waals surface area contributed by atoms with E-state index in [0.717, 1.165) is 0 Å². The number of aromatic carboxylic acids is 1. The van der Waals surface area contributed by atoms with Gasteiger partial charge < -0.3 is 14.6 Å². The minimum Gasteiger partial charge on any atom is -0.478 e. The molecule has 1 aromatic carbocycles. The highest BCUT2D eigenvalue weighted by Crippen LogP contribution is 2.47. The number of fused-ring (bicyclic) bond motifs is 1. The van der Waals surface area contributed by atoms with Gasteiger partial charge in [0.15, 0.2) is 11.5 Å². The Bertz CT molecular complexity index is 489. The van der Waals surface area contributed by atoms with Gasteiger partial charge in [0.25, 0.3) is 0 Å². The summed E-state index contributed by atoms with van der Waals surface area (Å²) < 4.78 is 34.8. The Hall–Kier alpha value is -0.390. The topological polar surface area (TPSA) is 55.8 Å². The van der Waals surface area contributed by atoms with Crippen LogP contribution in [0.3, 0.4) is 0 Å². The molecule has 0 spiro atoms. The Morgan fingerprint density at radius 2 is 1.81 bits per heavy atom. The van der Waals surface area contributed by atoms with Crippen LogP contribution < -0.4 is 9.47 Å². The molecule has 0 aromatic heterocycles. The van der Waals surface area contributed by atoms with Crippen molar-refractivity contribution in [3.8, 4) is 11.5 Å². The summed E-state index contributed by atoms with van der Waals surface area (Å²) in [6.45, 7) is 0. The Labute approximate surface area is 115 Å². The zero-order valence-corrected chi connectivity index (χ0v) is 11.6. The van der Waals surface area contributed by atoms with Crippen molar-refractivity contribution in [2.75, 3.05) is 0 Å². The summed E-state index contributed by atoms with van der Waals surface area (Å²) >= 11 is 3.51. The van der Waals surface area contributed by atoms with E-state index in [0.29, 0.717) is 7.14 Å². The van der Waals surface area contributed by atoms with E-state index in [1.165, 1.54) is 6.07 Å². The maximum atomic E-state index is 12.8. The molecule has 0 radical (unpaired) electrons. The van der Waals surface area contributed by atoms with Gasteiger partial charge in [0.05, 0.1) is 3.57 Å². The summed E-state index contributed by atoms with van der Waals surface area (Å²) in [5, 5.41) is 8.90. The van der Waals surface area contributed by atoms with Crippen LogP contribution in [0.1, 0.15) is 10.4 Å². The number of benzene rings is 1. The van der Waals surface area contributed by atoms with Crippen LogP contribution >= 0.6 is 45.2 Å². The largest absolute Gasteiger partial charge is 0.586 e. The number of hydrogen-bond acceptors (Lipinski definition) is 3. The summed E-state index contributed by atoms with van der Waals surface area (Å²) in [7, 11) is 0. The monoisotopic (exact) mass is 454 g/mol. The van der Waals surface area contributed by atoms with Crippen molar-refractivity contribution < 1.29 is 28.2 Å². The number of hydrogen-bond donors (Lipinski definition) is 1. The van der Waals surface area contributed by atoms with Gasteiger partial charge >= 0.3 is 12.3 Å². The standard InChI is InChI=1S/C8H2F2I2O4/c9-8(10)15-5-3(12)1-2(11)4(7(13)14)6(5)16-8/h1H,(H,13,14). The number of carboxylic acid groups (broad SMARTS) is 1. The number of ether oxygens (including phenoxy) is 2. The molecule has 0 amide bonds. The van der Waals surface area contributed by atoms with Gasteiger partial charge in [-0.3, -0.25) is 0 Å². The molecule has 0 unspecified atom stereocenters. The molecule has 4 nitrogen and oxygen atoms in total. The molecule has 2 rings (SSSR count). The van der Waals surface area contributed by atoms with E-state index in [4.69, 9.17) is 5.11 Å². The third-order valence-electron chi connectivity index (χ3n) is 1.80. The molecule has 0 saturated carbocycles. The van der Waals surface area contributed by atoms with Gasteiger partial charge in [-0.05, 0) is 51.2 Å². The van der Waals surface area contributed by atoms with Crippen LogP contribution in [-0.4, -0.2) is 17.4 Å². The van der Waals surface area contributed by atoms with Crippen LogP contribution in [0.15, 0.2) is 6.07 Å².